The van der Waals surface area contributed by atoms with Crippen molar-refractivity contribution in [3.05, 3.63) is 65.0 Å². The standard InChI is InChI=1S/C28H38N2O4/c1-19(2)20-9-11-22(12-10-20)28(32,23-14-21(15-29-16-23)24-8-7-13-33-24)27(6)17-30(18-27)25(31)34-26(3,4)5/h9-12,14-16,19,24,32H,7-8,13,17-18H2,1-6H3/t24?,28-/m0/s1. The first kappa shape index (κ1) is 24.7. The number of aliphatic hydroxyl groups is 1. The molecule has 0 saturated carbocycles. The van der Waals surface area contributed by atoms with Crippen molar-refractivity contribution in [2.24, 2.45) is 5.41 Å². The molecule has 0 bridgehead atoms. The molecule has 4 rings (SSSR count). The van der Waals surface area contributed by atoms with Gasteiger partial charge >= 0.3 is 6.09 Å². The van der Waals surface area contributed by atoms with Crippen LogP contribution in [-0.2, 0) is 15.1 Å². The molecule has 2 atom stereocenters. The van der Waals surface area contributed by atoms with Gasteiger partial charge in [0.1, 0.15) is 11.2 Å². The Hall–Kier alpha value is -2.44. The maximum absolute atomic E-state index is 12.7. The lowest BCUT2D eigenvalue weighted by molar-refractivity contribution is -0.131. The van der Waals surface area contributed by atoms with Gasteiger partial charge in [0, 0.05) is 43.1 Å². The molecule has 2 saturated heterocycles. The summed E-state index contributed by atoms with van der Waals surface area (Å²) in [6, 6.07) is 10.2. The van der Waals surface area contributed by atoms with Crippen molar-refractivity contribution in [3.63, 3.8) is 0 Å². The molecule has 34 heavy (non-hydrogen) atoms. The summed E-state index contributed by atoms with van der Waals surface area (Å²) in [5, 5.41) is 12.5. The molecule has 2 aliphatic rings. The number of benzene rings is 1. The number of carbonyl (C=O) groups is 1. The van der Waals surface area contributed by atoms with E-state index in [1.165, 1.54) is 5.56 Å². The molecule has 0 spiro atoms. The fraction of sp³-hybridized carbons (Fsp3) is 0.571. The fourth-order valence-electron chi connectivity index (χ4n) is 5.13. The van der Waals surface area contributed by atoms with E-state index >= 15 is 0 Å². The SMILES string of the molecule is CC(C)c1ccc([C@](O)(c2cncc(C3CCCO3)c2)C2(C)CN(C(=O)OC(C)(C)C)C2)cc1. The van der Waals surface area contributed by atoms with Gasteiger partial charge in [-0.3, -0.25) is 4.98 Å². The molecule has 184 valence electrons. The average molecular weight is 467 g/mol. The number of rotatable bonds is 5. The number of carbonyl (C=O) groups excluding carboxylic acids is 1. The Morgan fingerprint density at radius 2 is 1.85 bits per heavy atom. The highest BCUT2D eigenvalue weighted by atomic mass is 16.6. The lowest BCUT2D eigenvalue weighted by Crippen LogP contribution is -2.66. The Morgan fingerprint density at radius 1 is 1.18 bits per heavy atom. The third-order valence-electron chi connectivity index (χ3n) is 7.08. The van der Waals surface area contributed by atoms with Crippen LogP contribution in [0.2, 0.25) is 0 Å². The van der Waals surface area contributed by atoms with Gasteiger partial charge in [-0.15, -0.1) is 0 Å². The largest absolute Gasteiger partial charge is 0.444 e. The zero-order chi connectivity index (χ0) is 24.7. The van der Waals surface area contributed by atoms with Gasteiger partial charge in [-0.25, -0.2) is 4.79 Å². The van der Waals surface area contributed by atoms with Crippen LogP contribution in [0.3, 0.4) is 0 Å². The first-order valence-corrected chi connectivity index (χ1v) is 12.3. The normalized spacial score (nSPS) is 21.8. The van der Waals surface area contributed by atoms with Crippen molar-refractivity contribution in [1.29, 1.82) is 0 Å². The number of aromatic nitrogens is 1. The molecule has 3 heterocycles. The smallest absolute Gasteiger partial charge is 0.410 e. The van der Waals surface area contributed by atoms with E-state index in [1.54, 1.807) is 11.1 Å². The first-order chi connectivity index (χ1) is 15.9. The van der Waals surface area contributed by atoms with E-state index in [0.29, 0.717) is 19.0 Å². The van der Waals surface area contributed by atoms with Crippen molar-refractivity contribution < 1.29 is 19.4 Å². The third kappa shape index (κ3) is 4.58. The molecule has 1 amide bonds. The summed E-state index contributed by atoms with van der Waals surface area (Å²) in [4.78, 5) is 18.8. The minimum Gasteiger partial charge on any atom is -0.444 e. The van der Waals surface area contributed by atoms with Gasteiger partial charge in [-0.2, -0.15) is 0 Å². The highest BCUT2D eigenvalue weighted by Crippen LogP contribution is 2.51. The average Bonchev–Trinajstić information content (AvgIpc) is 3.30. The molecule has 0 aliphatic carbocycles. The lowest BCUT2D eigenvalue weighted by Gasteiger charge is -2.56. The van der Waals surface area contributed by atoms with Crippen LogP contribution in [0.25, 0.3) is 0 Å². The van der Waals surface area contributed by atoms with E-state index in [9.17, 15) is 9.90 Å². The van der Waals surface area contributed by atoms with E-state index in [-0.39, 0.29) is 12.2 Å². The highest BCUT2D eigenvalue weighted by Gasteiger charge is 2.58. The van der Waals surface area contributed by atoms with Gasteiger partial charge in [0.15, 0.2) is 0 Å². The number of amides is 1. The van der Waals surface area contributed by atoms with Gasteiger partial charge in [0.2, 0.25) is 0 Å². The van der Waals surface area contributed by atoms with E-state index < -0.39 is 16.6 Å². The summed E-state index contributed by atoms with van der Waals surface area (Å²) >= 11 is 0. The predicted molar refractivity (Wildman–Crippen MR) is 132 cm³/mol. The number of pyridine rings is 1. The summed E-state index contributed by atoms with van der Waals surface area (Å²) in [7, 11) is 0. The van der Waals surface area contributed by atoms with Crippen LogP contribution in [-0.4, -0.2) is 46.4 Å². The van der Waals surface area contributed by atoms with Crippen molar-refractivity contribution >= 4 is 6.09 Å². The second kappa shape index (κ2) is 8.97. The van der Waals surface area contributed by atoms with E-state index in [1.807, 2.05) is 52.1 Å². The van der Waals surface area contributed by atoms with E-state index in [2.05, 4.69) is 31.0 Å². The number of hydrogen-bond donors (Lipinski definition) is 1. The highest BCUT2D eigenvalue weighted by molar-refractivity contribution is 5.70. The third-order valence-corrected chi connectivity index (χ3v) is 7.08. The zero-order valence-electron chi connectivity index (χ0n) is 21.3. The number of nitrogens with zero attached hydrogens (tertiary/aromatic N) is 2. The van der Waals surface area contributed by atoms with Gasteiger partial charge in [0.25, 0.3) is 0 Å². The second-order valence-electron chi connectivity index (χ2n) is 11.4. The topological polar surface area (TPSA) is 71.9 Å². The van der Waals surface area contributed by atoms with Gasteiger partial charge < -0.3 is 19.5 Å². The predicted octanol–water partition coefficient (Wildman–Crippen LogP) is 5.55. The molecule has 0 radical (unpaired) electrons. The molecule has 1 unspecified atom stereocenters. The first-order valence-electron chi connectivity index (χ1n) is 12.3. The van der Waals surface area contributed by atoms with Gasteiger partial charge in [0.05, 0.1) is 6.10 Å². The lowest BCUT2D eigenvalue weighted by atomic mass is 9.62. The number of hydrogen-bond acceptors (Lipinski definition) is 5. The second-order valence-corrected chi connectivity index (χ2v) is 11.4. The maximum Gasteiger partial charge on any atom is 0.410 e. The molecule has 1 aromatic carbocycles. The molecule has 1 aromatic heterocycles. The van der Waals surface area contributed by atoms with Crippen molar-refractivity contribution in [2.75, 3.05) is 19.7 Å². The summed E-state index contributed by atoms with van der Waals surface area (Å²) in [5.41, 5.74) is 1.22. The summed E-state index contributed by atoms with van der Waals surface area (Å²) in [6.07, 6.45) is 5.21. The van der Waals surface area contributed by atoms with Crippen LogP contribution in [0.1, 0.15) is 88.7 Å². The van der Waals surface area contributed by atoms with E-state index in [4.69, 9.17) is 9.47 Å². The zero-order valence-corrected chi connectivity index (χ0v) is 21.3. The minimum absolute atomic E-state index is 0.00692. The van der Waals surface area contributed by atoms with Crippen molar-refractivity contribution in [3.8, 4) is 0 Å². The van der Waals surface area contributed by atoms with Crippen LogP contribution >= 0.6 is 0 Å². The number of likely N-dealkylation sites (tertiary alicyclic amines) is 1. The van der Waals surface area contributed by atoms with E-state index in [0.717, 1.165) is 36.1 Å². The summed E-state index contributed by atoms with van der Waals surface area (Å²) in [6.45, 7) is 13.4. The molecular formula is C28H38N2O4. The Bertz CT molecular complexity index is 1020. The molecule has 2 aromatic rings. The van der Waals surface area contributed by atoms with Crippen LogP contribution in [0.4, 0.5) is 4.79 Å². The molecule has 1 N–H and O–H groups in total. The van der Waals surface area contributed by atoms with Crippen LogP contribution in [0.5, 0.6) is 0 Å². The van der Waals surface area contributed by atoms with Crippen molar-refractivity contribution in [1.82, 2.24) is 9.88 Å². The number of ether oxygens (including phenoxy) is 2. The van der Waals surface area contributed by atoms with Gasteiger partial charge in [-0.05, 0) is 62.3 Å². The van der Waals surface area contributed by atoms with Gasteiger partial charge in [-0.1, -0.05) is 45.0 Å². The van der Waals surface area contributed by atoms with Crippen LogP contribution in [0, 0.1) is 5.41 Å². The molecule has 6 heteroatoms. The molecular weight excluding hydrogens is 428 g/mol. The molecule has 6 nitrogen and oxygen atoms in total. The van der Waals surface area contributed by atoms with Crippen LogP contribution < -0.4 is 0 Å². The van der Waals surface area contributed by atoms with Crippen LogP contribution in [0.15, 0.2) is 42.7 Å². The maximum atomic E-state index is 12.7. The molecule has 2 fully saturated rings. The Kier molecular flexibility index (Phi) is 6.51. The Labute approximate surface area is 203 Å². The minimum atomic E-state index is -1.33. The monoisotopic (exact) mass is 466 g/mol. The summed E-state index contributed by atoms with van der Waals surface area (Å²) in [5.74, 6) is 0.397. The van der Waals surface area contributed by atoms with Crippen molar-refractivity contribution in [2.45, 2.75) is 77.6 Å². The summed E-state index contributed by atoms with van der Waals surface area (Å²) < 4.78 is 11.4. The fourth-order valence-corrected chi connectivity index (χ4v) is 5.13. The quantitative estimate of drug-likeness (QED) is 0.626. The molecule has 2 aliphatic heterocycles. The Morgan fingerprint density at radius 3 is 2.41 bits per heavy atom. The Balaban J connectivity index is 1.71.